The van der Waals surface area contributed by atoms with E-state index in [9.17, 15) is 0 Å². The normalized spacial score (nSPS) is 16.8. The summed E-state index contributed by atoms with van der Waals surface area (Å²) in [6.45, 7) is 9.30. The summed E-state index contributed by atoms with van der Waals surface area (Å²) < 4.78 is 2.36. The fraction of sp³-hybridized carbons (Fsp3) is 0.643. The van der Waals surface area contributed by atoms with Crippen LogP contribution in [0.1, 0.15) is 39.3 Å². The topological polar surface area (TPSA) is 7.12 Å². The van der Waals surface area contributed by atoms with Gasteiger partial charge in [0, 0.05) is 18.6 Å². The average Bonchev–Trinajstić information content (AvgIpc) is 2.69. The van der Waals surface area contributed by atoms with Crippen molar-refractivity contribution in [1.82, 2.24) is 0 Å². The van der Waals surface area contributed by atoms with Crippen LogP contribution in [0, 0.1) is 5.41 Å². The van der Waals surface area contributed by atoms with Crippen molar-refractivity contribution in [2.45, 2.75) is 40.0 Å². The number of nitrogens with zero attached hydrogens (tertiary/aromatic N) is 2. The minimum absolute atomic E-state index is 0.350. The van der Waals surface area contributed by atoms with Gasteiger partial charge in [-0.2, -0.15) is 5.01 Å². The van der Waals surface area contributed by atoms with E-state index in [-0.39, 0.29) is 0 Å². The average molecular weight is 219 g/mol. The Morgan fingerprint density at radius 2 is 1.88 bits per heavy atom. The monoisotopic (exact) mass is 219 g/mol. The van der Waals surface area contributed by atoms with Gasteiger partial charge in [-0.05, 0) is 24.3 Å². The van der Waals surface area contributed by atoms with Crippen molar-refractivity contribution < 1.29 is 4.68 Å². The molecule has 2 heteroatoms. The van der Waals surface area contributed by atoms with E-state index >= 15 is 0 Å². The van der Waals surface area contributed by atoms with Crippen molar-refractivity contribution in [2.75, 3.05) is 18.1 Å². The molecule has 1 saturated heterocycles. The van der Waals surface area contributed by atoms with Crippen molar-refractivity contribution in [3.8, 4) is 0 Å². The van der Waals surface area contributed by atoms with Gasteiger partial charge >= 0.3 is 0 Å². The first-order valence-electron chi connectivity index (χ1n) is 6.31. The number of hydrogen-bond donors (Lipinski definition) is 0. The molecule has 2 heterocycles. The molecule has 0 radical (unpaired) electrons. The highest BCUT2D eigenvalue weighted by molar-refractivity contribution is 5.01. The van der Waals surface area contributed by atoms with Crippen molar-refractivity contribution in [3.63, 3.8) is 0 Å². The van der Waals surface area contributed by atoms with Gasteiger partial charge in [0.15, 0.2) is 6.20 Å². The smallest absolute Gasteiger partial charge is 0.181 e. The predicted octanol–water partition coefficient (Wildman–Crippen LogP) is 2.29. The van der Waals surface area contributed by atoms with E-state index in [2.05, 4.69) is 54.9 Å². The summed E-state index contributed by atoms with van der Waals surface area (Å²) in [6, 6.07) is 6.53. The van der Waals surface area contributed by atoms with Crippen LogP contribution in [-0.4, -0.2) is 13.1 Å². The maximum absolute atomic E-state index is 2.46. The van der Waals surface area contributed by atoms with E-state index < -0.39 is 0 Å². The molecule has 1 aliphatic heterocycles. The second-order valence-corrected chi connectivity index (χ2v) is 5.93. The maximum Gasteiger partial charge on any atom is 0.212 e. The molecule has 0 aromatic carbocycles. The molecule has 0 bridgehead atoms. The SMILES string of the molecule is CC(C)(C)Cc1cccc[n+]1N1CCCC1. The van der Waals surface area contributed by atoms with Crippen molar-refractivity contribution in [1.29, 1.82) is 0 Å². The third kappa shape index (κ3) is 2.75. The van der Waals surface area contributed by atoms with Crippen molar-refractivity contribution in [2.24, 2.45) is 5.41 Å². The van der Waals surface area contributed by atoms with Crippen LogP contribution in [0.25, 0.3) is 0 Å². The van der Waals surface area contributed by atoms with E-state index in [4.69, 9.17) is 0 Å². The number of aromatic nitrogens is 1. The van der Waals surface area contributed by atoms with Gasteiger partial charge in [0.1, 0.15) is 0 Å². The third-order valence-electron chi connectivity index (χ3n) is 3.02. The second kappa shape index (κ2) is 4.44. The summed E-state index contributed by atoms with van der Waals surface area (Å²) in [6.07, 6.45) is 5.99. The van der Waals surface area contributed by atoms with Gasteiger partial charge in [0.25, 0.3) is 0 Å². The van der Waals surface area contributed by atoms with E-state index in [0.717, 1.165) is 6.42 Å². The van der Waals surface area contributed by atoms with Gasteiger partial charge in [0.05, 0.1) is 13.1 Å². The zero-order chi connectivity index (χ0) is 11.6. The lowest BCUT2D eigenvalue weighted by Gasteiger charge is -2.19. The lowest BCUT2D eigenvalue weighted by molar-refractivity contribution is -0.699. The van der Waals surface area contributed by atoms with Gasteiger partial charge < -0.3 is 0 Å². The van der Waals surface area contributed by atoms with Crippen LogP contribution in [0.4, 0.5) is 0 Å². The molecule has 1 fully saturated rings. The highest BCUT2D eigenvalue weighted by Gasteiger charge is 2.25. The molecule has 0 spiro atoms. The molecule has 0 aliphatic carbocycles. The first kappa shape index (κ1) is 11.4. The number of pyridine rings is 1. The molecule has 1 aromatic rings. The standard InChI is InChI=1S/C14H23N2/c1-14(2,3)12-13-8-4-5-11-16(13)15-9-6-7-10-15/h4-5,8,11H,6-7,9-10,12H2,1-3H3/q+1. The van der Waals surface area contributed by atoms with E-state index in [0.29, 0.717) is 5.41 Å². The lowest BCUT2D eigenvalue weighted by atomic mass is 9.90. The Morgan fingerprint density at radius 1 is 1.19 bits per heavy atom. The Hall–Kier alpha value is -1.05. The molecule has 16 heavy (non-hydrogen) atoms. The van der Waals surface area contributed by atoms with E-state index in [1.165, 1.54) is 31.6 Å². The Labute approximate surface area is 98.9 Å². The minimum atomic E-state index is 0.350. The molecule has 2 rings (SSSR count). The largest absolute Gasteiger partial charge is 0.212 e. The molecule has 0 unspecified atom stereocenters. The van der Waals surface area contributed by atoms with Crippen LogP contribution in [0.2, 0.25) is 0 Å². The first-order chi connectivity index (χ1) is 7.56. The Morgan fingerprint density at radius 3 is 2.50 bits per heavy atom. The minimum Gasteiger partial charge on any atom is -0.181 e. The quantitative estimate of drug-likeness (QED) is 0.692. The molecular formula is C14H23N2+. The van der Waals surface area contributed by atoms with Gasteiger partial charge in [-0.25, -0.2) is 0 Å². The van der Waals surface area contributed by atoms with Crippen LogP contribution >= 0.6 is 0 Å². The molecule has 1 aromatic heterocycles. The zero-order valence-corrected chi connectivity index (χ0v) is 10.7. The molecular weight excluding hydrogens is 196 g/mol. The third-order valence-corrected chi connectivity index (χ3v) is 3.02. The van der Waals surface area contributed by atoms with Gasteiger partial charge in [0.2, 0.25) is 5.69 Å². The molecule has 0 atom stereocenters. The Kier molecular flexibility index (Phi) is 3.17. The fourth-order valence-electron chi connectivity index (χ4n) is 2.35. The summed E-state index contributed by atoms with van der Waals surface area (Å²) in [5.74, 6) is 0. The summed E-state index contributed by atoms with van der Waals surface area (Å²) in [5, 5.41) is 2.46. The maximum atomic E-state index is 2.46. The molecule has 2 nitrogen and oxygen atoms in total. The van der Waals surface area contributed by atoms with Crippen LogP contribution in [0.5, 0.6) is 0 Å². The summed E-state index contributed by atoms with van der Waals surface area (Å²) in [4.78, 5) is 0. The summed E-state index contributed by atoms with van der Waals surface area (Å²) in [7, 11) is 0. The summed E-state index contributed by atoms with van der Waals surface area (Å²) >= 11 is 0. The molecule has 1 aliphatic rings. The van der Waals surface area contributed by atoms with Gasteiger partial charge in [-0.3, -0.25) is 0 Å². The molecule has 88 valence electrons. The number of rotatable bonds is 2. The van der Waals surface area contributed by atoms with Crippen LogP contribution in [-0.2, 0) is 6.42 Å². The lowest BCUT2D eigenvalue weighted by Crippen LogP contribution is -2.58. The van der Waals surface area contributed by atoms with Crippen LogP contribution < -0.4 is 9.69 Å². The Balaban J connectivity index is 2.23. The first-order valence-corrected chi connectivity index (χ1v) is 6.31. The summed E-state index contributed by atoms with van der Waals surface area (Å²) in [5.41, 5.74) is 1.78. The van der Waals surface area contributed by atoms with Crippen molar-refractivity contribution in [3.05, 3.63) is 30.1 Å². The predicted molar refractivity (Wildman–Crippen MR) is 67.0 cm³/mol. The van der Waals surface area contributed by atoms with Gasteiger partial charge in [-0.15, -0.1) is 0 Å². The highest BCUT2D eigenvalue weighted by Crippen LogP contribution is 2.18. The van der Waals surface area contributed by atoms with Crippen LogP contribution in [0.15, 0.2) is 24.4 Å². The van der Waals surface area contributed by atoms with Crippen LogP contribution in [0.3, 0.4) is 0 Å². The molecule has 0 amide bonds. The van der Waals surface area contributed by atoms with Crippen molar-refractivity contribution >= 4 is 0 Å². The van der Waals surface area contributed by atoms with Gasteiger partial charge in [-0.1, -0.05) is 25.4 Å². The second-order valence-electron chi connectivity index (χ2n) is 5.93. The highest BCUT2D eigenvalue weighted by atomic mass is 15.5. The zero-order valence-electron chi connectivity index (χ0n) is 10.7. The molecule has 0 N–H and O–H groups in total. The Bertz CT molecular complexity index is 346. The number of hydrogen-bond acceptors (Lipinski definition) is 1. The van der Waals surface area contributed by atoms with E-state index in [1.807, 2.05) is 0 Å². The van der Waals surface area contributed by atoms with E-state index in [1.54, 1.807) is 0 Å². The molecule has 0 saturated carbocycles. The fourth-order valence-corrected chi connectivity index (χ4v) is 2.35.